The van der Waals surface area contributed by atoms with Crippen LogP contribution >= 0.6 is 0 Å². The fourth-order valence-electron chi connectivity index (χ4n) is 1.29. The molecule has 0 saturated carbocycles. The third-order valence-electron chi connectivity index (χ3n) is 2.44. The Balaban J connectivity index is 2.82. The number of amides is 1. The number of carbonyl (C=O) groups is 1. The van der Waals surface area contributed by atoms with E-state index in [9.17, 15) is 4.79 Å². The summed E-state index contributed by atoms with van der Waals surface area (Å²) in [4.78, 5) is 11.8. The van der Waals surface area contributed by atoms with Gasteiger partial charge in [0.25, 0.3) is 5.91 Å². The summed E-state index contributed by atoms with van der Waals surface area (Å²) in [5.41, 5.74) is 7.94. The van der Waals surface area contributed by atoms with Gasteiger partial charge in [-0.1, -0.05) is 13.0 Å². The van der Waals surface area contributed by atoms with Crippen LogP contribution in [0.25, 0.3) is 0 Å². The number of aryl methyl sites for hydroxylation is 1. The van der Waals surface area contributed by atoms with Gasteiger partial charge in [-0.25, -0.2) is 0 Å². The summed E-state index contributed by atoms with van der Waals surface area (Å²) in [6.07, 6.45) is 0.914. The zero-order chi connectivity index (χ0) is 11.4. The van der Waals surface area contributed by atoms with Gasteiger partial charge >= 0.3 is 0 Å². The summed E-state index contributed by atoms with van der Waals surface area (Å²) in [6.45, 7) is 5.96. The number of nitrogens with two attached hydrogens (primary N) is 1. The Morgan fingerprint density at radius 3 is 2.73 bits per heavy atom. The predicted molar refractivity (Wildman–Crippen MR) is 62.8 cm³/mol. The third-order valence-corrected chi connectivity index (χ3v) is 2.44. The quantitative estimate of drug-likeness (QED) is 0.744. The number of carbonyl (C=O) groups excluding carboxylic acids is 1. The highest BCUT2D eigenvalue weighted by Crippen LogP contribution is 2.13. The Morgan fingerprint density at radius 1 is 1.53 bits per heavy atom. The van der Waals surface area contributed by atoms with Gasteiger partial charge in [0.05, 0.1) is 5.56 Å². The van der Waals surface area contributed by atoms with E-state index in [1.54, 1.807) is 6.07 Å². The summed E-state index contributed by atoms with van der Waals surface area (Å²) >= 11 is 0. The zero-order valence-electron chi connectivity index (χ0n) is 9.50. The number of hydrogen-bond donors (Lipinski definition) is 2. The summed E-state index contributed by atoms with van der Waals surface area (Å²) in [5.74, 6) is -0.0955. The first-order valence-corrected chi connectivity index (χ1v) is 5.21. The maximum Gasteiger partial charge on any atom is 0.253 e. The Kier molecular flexibility index (Phi) is 3.72. The largest absolute Gasteiger partial charge is 0.398 e. The lowest BCUT2D eigenvalue weighted by Gasteiger charge is -2.12. The first kappa shape index (κ1) is 11.6. The van der Waals surface area contributed by atoms with Crippen LogP contribution in [0.1, 0.15) is 36.2 Å². The molecule has 3 nitrogen and oxygen atoms in total. The normalized spacial score (nSPS) is 12.2. The minimum Gasteiger partial charge on any atom is -0.398 e. The first-order chi connectivity index (χ1) is 7.04. The highest BCUT2D eigenvalue weighted by Gasteiger charge is 2.11. The molecule has 15 heavy (non-hydrogen) atoms. The fraction of sp³-hybridized carbons (Fsp3) is 0.417. The second kappa shape index (κ2) is 4.82. The van der Waals surface area contributed by atoms with Crippen molar-refractivity contribution in [1.82, 2.24) is 5.32 Å². The number of benzene rings is 1. The van der Waals surface area contributed by atoms with E-state index in [1.165, 1.54) is 0 Å². The van der Waals surface area contributed by atoms with E-state index in [0.29, 0.717) is 11.3 Å². The second-order valence-electron chi connectivity index (χ2n) is 3.87. The third kappa shape index (κ3) is 2.98. The van der Waals surface area contributed by atoms with Crippen molar-refractivity contribution in [3.8, 4) is 0 Å². The second-order valence-corrected chi connectivity index (χ2v) is 3.87. The van der Waals surface area contributed by atoms with Crippen LogP contribution in [0.5, 0.6) is 0 Å². The standard InChI is InChI=1S/C12H18N2O/c1-4-9(3)14-12(15)10-6-5-8(2)7-11(10)13/h5-7,9H,4,13H2,1-3H3,(H,14,15). The van der Waals surface area contributed by atoms with Gasteiger partial charge in [0, 0.05) is 11.7 Å². The molecular weight excluding hydrogens is 188 g/mol. The van der Waals surface area contributed by atoms with Gasteiger partial charge in [-0.3, -0.25) is 4.79 Å². The highest BCUT2D eigenvalue weighted by atomic mass is 16.1. The van der Waals surface area contributed by atoms with Gasteiger partial charge in [-0.2, -0.15) is 0 Å². The molecule has 0 bridgehead atoms. The van der Waals surface area contributed by atoms with Crippen LogP contribution in [0.3, 0.4) is 0 Å². The van der Waals surface area contributed by atoms with Crippen molar-refractivity contribution in [3.05, 3.63) is 29.3 Å². The number of rotatable bonds is 3. The van der Waals surface area contributed by atoms with Crippen LogP contribution in [-0.2, 0) is 0 Å². The van der Waals surface area contributed by atoms with Gasteiger partial charge < -0.3 is 11.1 Å². The Morgan fingerprint density at radius 2 is 2.20 bits per heavy atom. The average Bonchev–Trinajstić information content (AvgIpc) is 2.17. The number of nitrogens with one attached hydrogen (secondary N) is 1. The average molecular weight is 206 g/mol. The monoisotopic (exact) mass is 206 g/mol. The van der Waals surface area contributed by atoms with Crippen molar-refractivity contribution in [1.29, 1.82) is 0 Å². The smallest absolute Gasteiger partial charge is 0.253 e. The van der Waals surface area contributed by atoms with Crippen LogP contribution in [-0.4, -0.2) is 11.9 Å². The fourth-order valence-corrected chi connectivity index (χ4v) is 1.29. The van der Waals surface area contributed by atoms with Crippen molar-refractivity contribution >= 4 is 11.6 Å². The van der Waals surface area contributed by atoms with Crippen molar-refractivity contribution < 1.29 is 4.79 Å². The van der Waals surface area contributed by atoms with Gasteiger partial charge in [0.15, 0.2) is 0 Å². The Bertz CT molecular complexity index is 361. The molecule has 3 N–H and O–H groups in total. The minimum absolute atomic E-state index is 0.0955. The van der Waals surface area contributed by atoms with E-state index in [1.807, 2.05) is 32.9 Å². The molecule has 1 aromatic carbocycles. The lowest BCUT2D eigenvalue weighted by molar-refractivity contribution is 0.0940. The van der Waals surface area contributed by atoms with Crippen LogP contribution in [0, 0.1) is 6.92 Å². The van der Waals surface area contributed by atoms with Gasteiger partial charge in [-0.05, 0) is 38.0 Å². The topological polar surface area (TPSA) is 55.1 Å². The van der Waals surface area contributed by atoms with Crippen molar-refractivity contribution in [2.45, 2.75) is 33.2 Å². The Hall–Kier alpha value is -1.51. The van der Waals surface area contributed by atoms with Gasteiger partial charge in [0.1, 0.15) is 0 Å². The summed E-state index contributed by atoms with van der Waals surface area (Å²) in [7, 11) is 0. The zero-order valence-corrected chi connectivity index (χ0v) is 9.50. The molecule has 0 spiro atoms. The molecule has 1 unspecified atom stereocenters. The van der Waals surface area contributed by atoms with Crippen LogP contribution in [0.15, 0.2) is 18.2 Å². The molecule has 0 aliphatic carbocycles. The summed E-state index contributed by atoms with van der Waals surface area (Å²) in [5, 5.41) is 2.89. The maximum absolute atomic E-state index is 11.8. The van der Waals surface area contributed by atoms with E-state index < -0.39 is 0 Å². The lowest BCUT2D eigenvalue weighted by atomic mass is 10.1. The predicted octanol–water partition coefficient (Wildman–Crippen LogP) is 2.11. The molecule has 1 atom stereocenters. The molecule has 0 aliphatic heterocycles. The molecule has 0 saturated heterocycles. The lowest BCUT2D eigenvalue weighted by Crippen LogP contribution is -2.32. The van der Waals surface area contributed by atoms with E-state index >= 15 is 0 Å². The molecule has 0 aliphatic rings. The molecule has 0 aromatic heterocycles. The SMILES string of the molecule is CCC(C)NC(=O)c1ccc(C)cc1N. The molecule has 1 aromatic rings. The van der Waals surface area contributed by atoms with Crippen LogP contribution < -0.4 is 11.1 Å². The number of nitrogen functional groups attached to an aromatic ring is 1. The molecular formula is C12H18N2O. The van der Waals surface area contributed by atoms with E-state index in [-0.39, 0.29) is 11.9 Å². The van der Waals surface area contributed by atoms with Gasteiger partial charge in [0.2, 0.25) is 0 Å². The Labute approximate surface area is 90.7 Å². The maximum atomic E-state index is 11.8. The molecule has 82 valence electrons. The van der Waals surface area contributed by atoms with Crippen molar-refractivity contribution in [2.75, 3.05) is 5.73 Å². The van der Waals surface area contributed by atoms with Crippen molar-refractivity contribution in [2.24, 2.45) is 0 Å². The van der Waals surface area contributed by atoms with Crippen LogP contribution in [0.4, 0.5) is 5.69 Å². The van der Waals surface area contributed by atoms with E-state index in [2.05, 4.69) is 5.32 Å². The minimum atomic E-state index is -0.0955. The van der Waals surface area contributed by atoms with E-state index in [4.69, 9.17) is 5.73 Å². The molecule has 1 amide bonds. The molecule has 0 radical (unpaired) electrons. The molecule has 0 fully saturated rings. The van der Waals surface area contributed by atoms with Crippen molar-refractivity contribution in [3.63, 3.8) is 0 Å². The number of anilines is 1. The first-order valence-electron chi connectivity index (χ1n) is 5.21. The molecule has 3 heteroatoms. The summed E-state index contributed by atoms with van der Waals surface area (Å²) in [6, 6.07) is 5.65. The highest BCUT2D eigenvalue weighted by molar-refractivity contribution is 5.99. The van der Waals surface area contributed by atoms with Gasteiger partial charge in [-0.15, -0.1) is 0 Å². The van der Waals surface area contributed by atoms with Crippen LogP contribution in [0.2, 0.25) is 0 Å². The van der Waals surface area contributed by atoms with E-state index in [0.717, 1.165) is 12.0 Å². The molecule has 1 rings (SSSR count). The number of hydrogen-bond acceptors (Lipinski definition) is 2. The summed E-state index contributed by atoms with van der Waals surface area (Å²) < 4.78 is 0. The molecule has 0 heterocycles.